The Balaban J connectivity index is 2.86. The van der Waals surface area contributed by atoms with Crippen LogP contribution in [-0.2, 0) is 4.79 Å². The maximum atomic E-state index is 11.0. The van der Waals surface area contributed by atoms with Gasteiger partial charge in [0.15, 0.2) is 0 Å². The van der Waals surface area contributed by atoms with E-state index in [0.29, 0.717) is 18.7 Å². The Morgan fingerprint density at radius 2 is 1.89 bits per heavy atom. The van der Waals surface area contributed by atoms with Crippen LogP contribution < -0.4 is 10.6 Å². The van der Waals surface area contributed by atoms with Crippen molar-refractivity contribution >= 4 is 17.6 Å². The summed E-state index contributed by atoms with van der Waals surface area (Å²) in [6.07, 6.45) is 0.0465. The zero-order chi connectivity index (χ0) is 14.4. The van der Waals surface area contributed by atoms with Gasteiger partial charge in [-0.3, -0.25) is 9.59 Å². The van der Waals surface area contributed by atoms with E-state index in [4.69, 9.17) is 10.8 Å². The Kier molecular flexibility index (Phi) is 5.11. The molecule has 19 heavy (non-hydrogen) atoms. The normalized spacial score (nSPS) is 9.95. The minimum atomic E-state index is -0.847. The van der Waals surface area contributed by atoms with Crippen molar-refractivity contribution in [2.45, 2.75) is 13.3 Å². The summed E-state index contributed by atoms with van der Waals surface area (Å²) in [6.45, 7) is 6.67. The Morgan fingerprint density at radius 1 is 1.32 bits per heavy atom. The predicted octanol–water partition coefficient (Wildman–Crippen LogP) is 1.64. The second kappa shape index (κ2) is 6.58. The zero-order valence-electron chi connectivity index (χ0n) is 10.9. The minimum absolute atomic E-state index is 0.0465. The van der Waals surface area contributed by atoms with Crippen LogP contribution in [0.3, 0.4) is 0 Å². The van der Waals surface area contributed by atoms with Gasteiger partial charge in [-0.25, -0.2) is 0 Å². The van der Waals surface area contributed by atoms with Crippen LogP contribution in [-0.4, -0.2) is 30.1 Å². The smallest absolute Gasteiger partial charge is 0.305 e. The van der Waals surface area contributed by atoms with E-state index >= 15 is 0 Å². The standard InChI is InChI=1S/C14H18N2O3/c1-10(2)9-16(8-7-13(17)18)12-5-3-11(4-6-12)14(15)19/h3-6H,1,7-9H2,2H3,(H2,15,19)(H,17,18). The molecule has 0 saturated carbocycles. The number of nitrogens with zero attached hydrogens (tertiary/aromatic N) is 1. The first kappa shape index (κ1) is 14.8. The Morgan fingerprint density at radius 3 is 2.32 bits per heavy atom. The van der Waals surface area contributed by atoms with Crippen molar-refractivity contribution in [2.24, 2.45) is 5.73 Å². The monoisotopic (exact) mass is 262 g/mol. The molecule has 0 atom stereocenters. The first-order chi connectivity index (χ1) is 8.90. The van der Waals surface area contributed by atoms with E-state index in [0.717, 1.165) is 11.3 Å². The number of rotatable bonds is 7. The average Bonchev–Trinajstić information content (AvgIpc) is 2.34. The molecule has 3 N–H and O–H groups in total. The van der Waals surface area contributed by atoms with E-state index in [1.54, 1.807) is 24.3 Å². The van der Waals surface area contributed by atoms with Crippen molar-refractivity contribution < 1.29 is 14.7 Å². The van der Waals surface area contributed by atoms with Gasteiger partial charge in [0.05, 0.1) is 6.42 Å². The third-order valence-electron chi connectivity index (χ3n) is 2.57. The van der Waals surface area contributed by atoms with Gasteiger partial charge in [0.1, 0.15) is 0 Å². The molecule has 102 valence electrons. The summed E-state index contributed by atoms with van der Waals surface area (Å²) < 4.78 is 0. The highest BCUT2D eigenvalue weighted by molar-refractivity contribution is 5.93. The number of anilines is 1. The highest BCUT2D eigenvalue weighted by Gasteiger charge is 2.09. The SMILES string of the molecule is C=C(C)CN(CCC(=O)O)c1ccc(C(N)=O)cc1. The van der Waals surface area contributed by atoms with Crippen molar-refractivity contribution in [1.82, 2.24) is 0 Å². The molecule has 0 aliphatic rings. The number of benzene rings is 1. The third-order valence-corrected chi connectivity index (χ3v) is 2.57. The zero-order valence-corrected chi connectivity index (χ0v) is 10.9. The van der Waals surface area contributed by atoms with E-state index in [9.17, 15) is 9.59 Å². The molecule has 1 aromatic carbocycles. The van der Waals surface area contributed by atoms with E-state index < -0.39 is 11.9 Å². The van der Waals surface area contributed by atoms with Crippen molar-refractivity contribution in [3.8, 4) is 0 Å². The van der Waals surface area contributed by atoms with E-state index in [1.165, 1.54) is 0 Å². The molecule has 0 aliphatic carbocycles. The van der Waals surface area contributed by atoms with Gasteiger partial charge in [-0.15, -0.1) is 0 Å². The van der Waals surface area contributed by atoms with E-state index in [1.807, 2.05) is 11.8 Å². The Labute approximate surface area is 112 Å². The second-order valence-corrected chi connectivity index (χ2v) is 4.43. The topological polar surface area (TPSA) is 83.6 Å². The lowest BCUT2D eigenvalue weighted by molar-refractivity contribution is -0.136. The predicted molar refractivity (Wildman–Crippen MR) is 74.2 cm³/mol. The van der Waals surface area contributed by atoms with Gasteiger partial charge in [-0.2, -0.15) is 0 Å². The van der Waals surface area contributed by atoms with Gasteiger partial charge in [0, 0.05) is 24.3 Å². The molecule has 1 aromatic rings. The van der Waals surface area contributed by atoms with Crippen LogP contribution in [0.15, 0.2) is 36.4 Å². The number of amides is 1. The molecule has 1 rings (SSSR count). The molecule has 5 nitrogen and oxygen atoms in total. The third kappa shape index (κ3) is 4.83. The molecule has 0 saturated heterocycles. The lowest BCUT2D eigenvalue weighted by atomic mass is 10.1. The van der Waals surface area contributed by atoms with Gasteiger partial charge < -0.3 is 15.7 Å². The van der Waals surface area contributed by atoms with Gasteiger partial charge >= 0.3 is 5.97 Å². The highest BCUT2D eigenvalue weighted by atomic mass is 16.4. The fraction of sp³-hybridized carbons (Fsp3) is 0.286. The summed E-state index contributed by atoms with van der Waals surface area (Å²) in [7, 11) is 0. The van der Waals surface area contributed by atoms with Crippen LogP contribution in [0.2, 0.25) is 0 Å². The first-order valence-electron chi connectivity index (χ1n) is 5.91. The van der Waals surface area contributed by atoms with E-state index in [2.05, 4.69) is 6.58 Å². The van der Waals surface area contributed by atoms with Gasteiger partial charge in [0.2, 0.25) is 5.91 Å². The fourth-order valence-corrected chi connectivity index (χ4v) is 1.69. The average molecular weight is 262 g/mol. The largest absolute Gasteiger partial charge is 0.481 e. The van der Waals surface area contributed by atoms with Crippen LogP contribution >= 0.6 is 0 Å². The number of carboxylic acids is 1. The molecular weight excluding hydrogens is 244 g/mol. The number of primary amides is 1. The van der Waals surface area contributed by atoms with Crippen molar-refractivity contribution in [3.63, 3.8) is 0 Å². The molecule has 5 heteroatoms. The minimum Gasteiger partial charge on any atom is -0.481 e. The summed E-state index contributed by atoms with van der Waals surface area (Å²) >= 11 is 0. The number of hydrogen-bond acceptors (Lipinski definition) is 3. The molecule has 0 radical (unpaired) electrons. The van der Waals surface area contributed by atoms with Crippen molar-refractivity contribution in [2.75, 3.05) is 18.0 Å². The van der Waals surface area contributed by atoms with Gasteiger partial charge in [-0.1, -0.05) is 12.2 Å². The van der Waals surface area contributed by atoms with Crippen molar-refractivity contribution in [3.05, 3.63) is 42.0 Å². The van der Waals surface area contributed by atoms with E-state index in [-0.39, 0.29) is 6.42 Å². The van der Waals surface area contributed by atoms with Crippen LogP contribution in [0, 0.1) is 0 Å². The molecular formula is C14H18N2O3. The van der Waals surface area contributed by atoms with Gasteiger partial charge in [0.25, 0.3) is 0 Å². The number of hydrogen-bond donors (Lipinski definition) is 2. The number of carboxylic acid groups (broad SMARTS) is 1. The Bertz CT molecular complexity index is 480. The fourth-order valence-electron chi connectivity index (χ4n) is 1.69. The summed E-state index contributed by atoms with van der Waals surface area (Å²) in [5.41, 5.74) is 7.38. The summed E-state index contributed by atoms with van der Waals surface area (Å²) in [5.74, 6) is -1.33. The quantitative estimate of drug-likeness (QED) is 0.732. The van der Waals surface area contributed by atoms with Gasteiger partial charge in [-0.05, 0) is 31.2 Å². The number of aliphatic carboxylic acids is 1. The Hall–Kier alpha value is -2.30. The van der Waals surface area contributed by atoms with Crippen LogP contribution in [0.5, 0.6) is 0 Å². The first-order valence-corrected chi connectivity index (χ1v) is 5.91. The number of carbonyl (C=O) groups excluding carboxylic acids is 1. The van der Waals surface area contributed by atoms with Crippen LogP contribution in [0.1, 0.15) is 23.7 Å². The number of carbonyl (C=O) groups is 2. The molecule has 0 bridgehead atoms. The highest BCUT2D eigenvalue weighted by Crippen LogP contribution is 2.16. The summed E-state index contributed by atoms with van der Waals surface area (Å²) in [6, 6.07) is 6.77. The van der Waals surface area contributed by atoms with Crippen molar-refractivity contribution in [1.29, 1.82) is 0 Å². The lowest BCUT2D eigenvalue weighted by Crippen LogP contribution is -2.27. The molecule has 0 aromatic heterocycles. The van der Waals surface area contributed by atoms with Crippen LogP contribution in [0.25, 0.3) is 0 Å². The molecule has 0 heterocycles. The van der Waals surface area contributed by atoms with Crippen LogP contribution in [0.4, 0.5) is 5.69 Å². The maximum absolute atomic E-state index is 11.0. The molecule has 0 spiro atoms. The summed E-state index contributed by atoms with van der Waals surface area (Å²) in [5, 5.41) is 8.75. The molecule has 0 aliphatic heterocycles. The maximum Gasteiger partial charge on any atom is 0.305 e. The molecule has 1 amide bonds. The lowest BCUT2D eigenvalue weighted by Gasteiger charge is -2.24. The molecule has 0 unspecified atom stereocenters. The summed E-state index contributed by atoms with van der Waals surface area (Å²) in [4.78, 5) is 23.5. The molecule has 0 fully saturated rings. The second-order valence-electron chi connectivity index (χ2n) is 4.43. The number of nitrogens with two attached hydrogens (primary N) is 1.